The highest BCUT2D eigenvalue weighted by Gasteiger charge is 2.37. The monoisotopic (exact) mass is 491 g/mol. The number of nitrogens with one attached hydrogen (secondary N) is 1. The Morgan fingerprint density at radius 2 is 1.89 bits per heavy atom. The van der Waals surface area contributed by atoms with Gasteiger partial charge in [-0.25, -0.2) is 4.39 Å². The zero-order valence-corrected chi connectivity index (χ0v) is 19.7. The summed E-state index contributed by atoms with van der Waals surface area (Å²) in [6.45, 7) is 0.994. The summed E-state index contributed by atoms with van der Waals surface area (Å²) in [6, 6.07) is 16.0. The van der Waals surface area contributed by atoms with Crippen molar-refractivity contribution in [1.29, 1.82) is 5.41 Å². The second-order valence-electron chi connectivity index (χ2n) is 8.51. The van der Waals surface area contributed by atoms with Gasteiger partial charge in [-0.2, -0.15) is 0 Å². The van der Waals surface area contributed by atoms with Gasteiger partial charge in [0.25, 0.3) is 0 Å². The molecule has 2 heterocycles. The van der Waals surface area contributed by atoms with Gasteiger partial charge >= 0.3 is 0 Å². The predicted molar refractivity (Wildman–Crippen MR) is 133 cm³/mol. The third-order valence-electron chi connectivity index (χ3n) is 6.35. The molecule has 0 fully saturated rings. The highest BCUT2D eigenvalue weighted by molar-refractivity contribution is 6.30. The molecule has 1 amide bonds. The molecule has 0 bridgehead atoms. The summed E-state index contributed by atoms with van der Waals surface area (Å²) in [7, 11) is 1.43. The van der Waals surface area contributed by atoms with Crippen LogP contribution in [0.3, 0.4) is 0 Å². The number of guanidine groups is 1. The van der Waals surface area contributed by atoms with Gasteiger partial charge < -0.3 is 15.2 Å². The van der Waals surface area contributed by atoms with E-state index >= 15 is 4.39 Å². The molecular weight excluding hydrogens is 469 g/mol. The Morgan fingerprint density at radius 1 is 1.11 bits per heavy atom. The topological polar surface area (TPSA) is 88.6 Å². The van der Waals surface area contributed by atoms with Gasteiger partial charge in [-0.1, -0.05) is 35.9 Å². The van der Waals surface area contributed by atoms with E-state index in [4.69, 9.17) is 32.2 Å². The summed E-state index contributed by atoms with van der Waals surface area (Å²) in [6.07, 6.45) is 2.55. The maximum Gasteiger partial charge on any atom is 0.241 e. The van der Waals surface area contributed by atoms with E-state index in [1.54, 1.807) is 18.2 Å². The number of hydrogen-bond acceptors (Lipinski definition) is 4. The third-order valence-corrected chi connectivity index (χ3v) is 6.58. The minimum atomic E-state index is -0.920. The summed E-state index contributed by atoms with van der Waals surface area (Å²) in [5, 5.41) is 8.39. The maximum absolute atomic E-state index is 15.4. The summed E-state index contributed by atoms with van der Waals surface area (Å²) in [5.74, 6) is -1.96. The Bertz CT molecular complexity index is 1390. The largest absolute Gasteiger partial charge is 0.454 e. The SMILES string of the molecule is CN(C(=N)N)C(=O)C1c2cc(-c3cccc(Cl)c3)ccc2Oc2c(F)cc(C3=CCOCC3)cc21. The van der Waals surface area contributed by atoms with Crippen molar-refractivity contribution in [2.45, 2.75) is 12.3 Å². The van der Waals surface area contributed by atoms with Crippen molar-refractivity contribution in [3.8, 4) is 22.6 Å². The van der Waals surface area contributed by atoms with Crippen molar-refractivity contribution in [2.24, 2.45) is 5.73 Å². The van der Waals surface area contributed by atoms with Crippen LogP contribution in [0.15, 0.2) is 60.7 Å². The van der Waals surface area contributed by atoms with Crippen LogP contribution in [0, 0.1) is 11.2 Å². The number of nitrogens with two attached hydrogens (primary N) is 1. The van der Waals surface area contributed by atoms with Gasteiger partial charge in [0, 0.05) is 23.2 Å². The average molecular weight is 492 g/mol. The number of nitrogens with zero attached hydrogens (tertiary/aromatic N) is 1. The first-order valence-corrected chi connectivity index (χ1v) is 11.5. The highest BCUT2D eigenvalue weighted by atomic mass is 35.5. The number of fused-ring (bicyclic) bond motifs is 2. The Balaban J connectivity index is 1.69. The van der Waals surface area contributed by atoms with Crippen molar-refractivity contribution < 1.29 is 18.7 Å². The van der Waals surface area contributed by atoms with Crippen molar-refractivity contribution >= 4 is 29.0 Å². The van der Waals surface area contributed by atoms with E-state index in [1.807, 2.05) is 36.4 Å². The van der Waals surface area contributed by atoms with Crippen LogP contribution in [0.2, 0.25) is 5.02 Å². The molecule has 6 nitrogen and oxygen atoms in total. The number of carbonyl (C=O) groups is 1. The Kier molecular flexibility index (Phi) is 6.05. The van der Waals surface area contributed by atoms with Crippen LogP contribution in [0.1, 0.15) is 29.0 Å². The zero-order chi connectivity index (χ0) is 24.7. The minimum Gasteiger partial charge on any atom is -0.454 e. The van der Waals surface area contributed by atoms with Gasteiger partial charge in [0.05, 0.1) is 19.1 Å². The van der Waals surface area contributed by atoms with E-state index in [2.05, 4.69) is 0 Å². The fraction of sp³-hybridized carbons (Fsp3) is 0.185. The zero-order valence-electron chi connectivity index (χ0n) is 19.0. The molecule has 0 aliphatic carbocycles. The molecule has 35 heavy (non-hydrogen) atoms. The molecule has 1 unspecified atom stereocenters. The number of benzene rings is 3. The smallest absolute Gasteiger partial charge is 0.241 e. The van der Waals surface area contributed by atoms with Crippen LogP contribution in [0.4, 0.5) is 4.39 Å². The van der Waals surface area contributed by atoms with E-state index in [0.717, 1.165) is 21.6 Å². The number of likely N-dealkylation sites (N-methyl/N-ethyl adjacent to an activating group) is 1. The molecule has 0 saturated heterocycles. The normalized spacial score (nSPS) is 16.4. The Morgan fingerprint density at radius 3 is 2.60 bits per heavy atom. The fourth-order valence-corrected chi connectivity index (χ4v) is 4.67. The second kappa shape index (κ2) is 9.17. The summed E-state index contributed by atoms with van der Waals surface area (Å²) < 4.78 is 26.7. The molecule has 3 N–H and O–H groups in total. The van der Waals surface area contributed by atoms with Crippen LogP contribution in [0.25, 0.3) is 16.7 Å². The number of carbonyl (C=O) groups excluding carboxylic acids is 1. The number of ether oxygens (including phenoxy) is 2. The summed E-state index contributed by atoms with van der Waals surface area (Å²) >= 11 is 6.19. The van der Waals surface area contributed by atoms with Crippen molar-refractivity contribution in [3.63, 3.8) is 0 Å². The van der Waals surface area contributed by atoms with Crippen LogP contribution < -0.4 is 10.5 Å². The first-order valence-electron chi connectivity index (χ1n) is 11.1. The predicted octanol–water partition coefficient (Wildman–Crippen LogP) is 5.54. The second-order valence-corrected chi connectivity index (χ2v) is 8.95. The summed E-state index contributed by atoms with van der Waals surface area (Å²) in [5.41, 5.74) is 9.90. The lowest BCUT2D eigenvalue weighted by Crippen LogP contribution is -2.41. The van der Waals surface area contributed by atoms with Crippen molar-refractivity contribution in [1.82, 2.24) is 4.90 Å². The first kappa shape index (κ1) is 23.1. The van der Waals surface area contributed by atoms with E-state index in [9.17, 15) is 4.79 Å². The number of hydrogen-bond donors (Lipinski definition) is 2. The van der Waals surface area contributed by atoms with Crippen molar-refractivity contribution in [3.05, 3.63) is 88.2 Å². The molecular formula is C27H23ClFN3O3. The van der Waals surface area contributed by atoms with Crippen LogP contribution in [-0.4, -0.2) is 37.0 Å². The van der Waals surface area contributed by atoms with Crippen molar-refractivity contribution in [2.75, 3.05) is 20.3 Å². The molecule has 0 aromatic heterocycles. The van der Waals surface area contributed by atoms with Gasteiger partial charge in [-0.15, -0.1) is 0 Å². The van der Waals surface area contributed by atoms with Crippen LogP contribution >= 0.6 is 11.6 Å². The van der Waals surface area contributed by atoms with Gasteiger partial charge in [0.1, 0.15) is 5.75 Å². The lowest BCUT2D eigenvalue weighted by atomic mass is 9.83. The molecule has 1 atom stereocenters. The molecule has 0 saturated carbocycles. The molecule has 5 rings (SSSR count). The molecule has 3 aromatic carbocycles. The quantitative estimate of drug-likeness (QED) is 0.372. The van der Waals surface area contributed by atoms with E-state index in [0.29, 0.717) is 47.1 Å². The molecule has 3 aromatic rings. The van der Waals surface area contributed by atoms with Crippen LogP contribution in [0.5, 0.6) is 11.5 Å². The van der Waals surface area contributed by atoms with E-state index < -0.39 is 23.6 Å². The Hall–Kier alpha value is -3.68. The standard InChI is InChI=1S/C27H23ClFN3O3/c1-32(27(30)31)26(33)24-20-12-17(16-3-2-4-19(28)11-16)5-6-23(20)35-25-21(24)13-18(14-22(25)29)15-7-9-34-10-8-15/h2-7,11-14,24H,8-10H2,1H3,(H3,30,31). The molecule has 0 spiro atoms. The maximum atomic E-state index is 15.4. The van der Waals surface area contributed by atoms with E-state index in [-0.39, 0.29) is 5.75 Å². The third kappa shape index (κ3) is 4.29. The average Bonchev–Trinajstić information content (AvgIpc) is 2.86. The van der Waals surface area contributed by atoms with Crippen LogP contribution in [-0.2, 0) is 9.53 Å². The lowest BCUT2D eigenvalue weighted by molar-refractivity contribution is -0.127. The number of rotatable bonds is 3. The molecule has 178 valence electrons. The minimum absolute atomic E-state index is 0.000262. The van der Waals surface area contributed by atoms with E-state index in [1.165, 1.54) is 13.1 Å². The van der Waals surface area contributed by atoms with Gasteiger partial charge in [0.15, 0.2) is 17.5 Å². The molecule has 2 aliphatic heterocycles. The Labute approximate surface area is 207 Å². The van der Waals surface area contributed by atoms with Gasteiger partial charge in [-0.05, 0) is 65.1 Å². The number of amides is 1. The first-order chi connectivity index (χ1) is 16.8. The number of halogens is 2. The molecule has 8 heteroatoms. The molecule has 2 aliphatic rings. The van der Waals surface area contributed by atoms with Gasteiger partial charge in [0.2, 0.25) is 5.91 Å². The fourth-order valence-electron chi connectivity index (χ4n) is 4.48. The highest BCUT2D eigenvalue weighted by Crippen LogP contribution is 2.48. The van der Waals surface area contributed by atoms with Gasteiger partial charge in [-0.3, -0.25) is 15.1 Å². The summed E-state index contributed by atoms with van der Waals surface area (Å²) in [4.78, 5) is 14.7. The molecule has 0 radical (unpaired) electrons. The lowest BCUT2D eigenvalue weighted by Gasteiger charge is -2.31.